The first-order chi connectivity index (χ1) is 17.5. The molecule has 36 heavy (non-hydrogen) atoms. The van der Waals surface area contributed by atoms with Gasteiger partial charge in [0.2, 0.25) is 0 Å². The number of carbonyl (C=O) groups is 3. The molecule has 0 bridgehead atoms. The largest absolute Gasteiger partial charge is 0.496 e. The maximum absolute atomic E-state index is 13.0. The maximum Gasteiger partial charge on any atom is 0.408 e. The Kier molecular flexibility index (Phi) is 9.88. The first-order valence-corrected chi connectivity index (χ1v) is 11.6. The maximum atomic E-state index is 13.0. The predicted octanol–water partition coefficient (Wildman–Crippen LogP) is 3.78. The van der Waals surface area contributed by atoms with Crippen LogP contribution in [0.5, 0.6) is 5.75 Å². The molecular formula is C28H30N2O6. The number of amides is 2. The van der Waals surface area contributed by atoms with Gasteiger partial charge in [-0.15, -0.1) is 0 Å². The van der Waals surface area contributed by atoms with Crippen molar-refractivity contribution in [1.29, 1.82) is 0 Å². The van der Waals surface area contributed by atoms with Crippen LogP contribution in [0.2, 0.25) is 0 Å². The number of carbonyl (C=O) groups excluding carboxylic acids is 3. The summed E-state index contributed by atoms with van der Waals surface area (Å²) in [7, 11) is 1.55. The van der Waals surface area contributed by atoms with E-state index in [1.807, 2.05) is 78.9 Å². The molecule has 0 saturated heterocycles. The van der Waals surface area contributed by atoms with E-state index in [4.69, 9.17) is 14.2 Å². The molecule has 0 fully saturated rings. The van der Waals surface area contributed by atoms with Gasteiger partial charge in [-0.3, -0.25) is 4.79 Å². The smallest absolute Gasteiger partial charge is 0.408 e. The molecule has 2 N–H and O–H groups in total. The van der Waals surface area contributed by atoms with Crippen LogP contribution >= 0.6 is 0 Å². The van der Waals surface area contributed by atoms with Gasteiger partial charge in [0.1, 0.15) is 18.4 Å². The number of benzene rings is 3. The Hall–Kier alpha value is -4.33. The monoisotopic (exact) mass is 490 g/mol. The van der Waals surface area contributed by atoms with Gasteiger partial charge < -0.3 is 24.8 Å². The fourth-order valence-corrected chi connectivity index (χ4v) is 3.44. The summed E-state index contributed by atoms with van der Waals surface area (Å²) in [5.74, 6) is -0.571. The van der Waals surface area contributed by atoms with Gasteiger partial charge in [-0.1, -0.05) is 78.9 Å². The molecule has 188 valence electrons. The van der Waals surface area contributed by atoms with Crippen LogP contribution in [0.25, 0.3) is 0 Å². The molecule has 8 heteroatoms. The van der Waals surface area contributed by atoms with Crippen molar-refractivity contribution >= 4 is 18.0 Å². The topological polar surface area (TPSA) is 103 Å². The molecule has 0 aliphatic rings. The number of alkyl carbamates (subject to hydrolysis) is 1. The number of hydrogen-bond acceptors (Lipinski definition) is 6. The summed E-state index contributed by atoms with van der Waals surface area (Å²) in [6.07, 6.45) is -1.66. The average molecular weight is 491 g/mol. The van der Waals surface area contributed by atoms with E-state index in [-0.39, 0.29) is 19.6 Å². The molecule has 2 atom stereocenters. The fourth-order valence-electron chi connectivity index (χ4n) is 3.44. The fraction of sp³-hybridized carbons (Fsp3) is 0.250. The van der Waals surface area contributed by atoms with Crippen LogP contribution in [-0.2, 0) is 38.6 Å². The Labute approximate surface area is 210 Å². The van der Waals surface area contributed by atoms with Crippen LogP contribution in [0.4, 0.5) is 4.79 Å². The summed E-state index contributed by atoms with van der Waals surface area (Å²) in [6, 6.07) is 24.6. The van der Waals surface area contributed by atoms with E-state index in [2.05, 4.69) is 10.6 Å². The molecule has 2 amide bonds. The summed E-state index contributed by atoms with van der Waals surface area (Å²) in [4.78, 5) is 38.0. The van der Waals surface area contributed by atoms with Crippen molar-refractivity contribution in [2.75, 3.05) is 7.11 Å². The molecule has 3 rings (SSSR count). The van der Waals surface area contributed by atoms with Crippen molar-refractivity contribution < 1.29 is 28.6 Å². The van der Waals surface area contributed by atoms with Gasteiger partial charge in [0.25, 0.3) is 5.91 Å². The van der Waals surface area contributed by atoms with Crippen LogP contribution in [-0.4, -0.2) is 37.2 Å². The zero-order valence-electron chi connectivity index (χ0n) is 20.3. The van der Waals surface area contributed by atoms with Crippen LogP contribution in [0, 0.1) is 0 Å². The third kappa shape index (κ3) is 8.16. The molecule has 0 radical (unpaired) electrons. The third-order valence-electron chi connectivity index (χ3n) is 5.38. The van der Waals surface area contributed by atoms with E-state index < -0.39 is 30.1 Å². The van der Waals surface area contributed by atoms with Gasteiger partial charge >= 0.3 is 12.1 Å². The zero-order chi connectivity index (χ0) is 25.8. The van der Waals surface area contributed by atoms with Crippen molar-refractivity contribution in [3.63, 3.8) is 0 Å². The molecule has 0 aliphatic heterocycles. The second-order valence-electron chi connectivity index (χ2n) is 8.06. The minimum Gasteiger partial charge on any atom is -0.496 e. The average Bonchev–Trinajstić information content (AvgIpc) is 2.91. The van der Waals surface area contributed by atoms with E-state index in [0.29, 0.717) is 5.75 Å². The van der Waals surface area contributed by atoms with Gasteiger partial charge in [-0.25, -0.2) is 9.59 Å². The normalized spacial score (nSPS) is 12.1. The highest BCUT2D eigenvalue weighted by Gasteiger charge is 2.27. The van der Waals surface area contributed by atoms with Crippen LogP contribution < -0.4 is 15.4 Å². The zero-order valence-corrected chi connectivity index (χ0v) is 20.3. The number of esters is 1. The lowest BCUT2D eigenvalue weighted by Crippen LogP contribution is -2.46. The van der Waals surface area contributed by atoms with Crippen LogP contribution in [0.1, 0.15) is 23.6 Å². The Balaban J connectivity index is 1.59. The molecule has 3 aromatic carbocycles. The third-order valence-corrected chi connectivity index (χ3v) is 5.38. The minimum absolute atomic E-state index is 0.0571. The molecule has 0 heterocycles. The highest BCUT2D eigenvalue weighted by atomic mass is 16.6. The molecule has 0 saturated carbocycles. The number of rotatable bonds is 11. The number of methoxy groups -OCH3 is 1. The second kappa shape index (κ2) is 13.5. The van der Waals surface area contributed by atoms with Crippen molar-refractivity contribution in [1.82, 2.24) is 10.6 Å². The van der Waals surface area contributed by atoms with Crippen molar-refractivity contribution in [2.24, 2.45) is 0 Å². The van der Waals surface area contributed by atoms with Gasteiger partial charge in [-0.2, -0.15) is 0 Å². The standard InChI is InChI=1S/C28H30N2O6/c1-20(26(31)29-18-23-15-9-10-16-25(23)34-2)36-27(32)24(17-21-11-5-3-6-12-21)30-28(33)35-19-22-13-7-4-8-14-22/h3-16,20,24H,17-19H2,1-2H3,(H,29,31)(H,30,33)/t20?,24-/m0/s1. The molecular weight excluding hydrogens is 460 g/mol. The molecule has 0 spiro atoms. The Morgan fingerprint density at radius 1 is 0.833 bits per heavy atom. The van der Waals surface area contributed by atoms with Gasteiger partial charge in [0.15, 0.2) is 6.10 Å². The van der Waals surface area contributed by atoms with Crippen LogP contribution in [0.15, 0.2) is 84.9 Å². The summed E-state index contributed by atoms with van der Waals surface area (Å²) in [6.45, 7) is 1.74. The van der Waals surface area contributed by atoms with Gasteiger partial charge in [0, 0.05) is 18.5 Å². The minimum atomic E-state index is -1.08. The van der Waals surface area contributed by atoms with Gasteiger partial charge in [0.05, 0.1) is 7.11 Å². The molecule has 0 aromatic heterocycles. The van der Waals surface area contributed by atoms with E-state index in [9.17, 15) is 14.4 Å². The quantitative estimate of drug-likeness (QED) is 0.397. The molecule has 0 aliphatic carbocycles. The van der Waals surface area contributed by atoms with Crippen molar-refractivity contribution in [3.05, 3.63) is 102 Å². The molecule has 3 aromatic rings. The summed E-state index contributed by atoms with van der Waals surface area (Å²) in [5, 5.41) is 5.31. The number of hydrogen-bond donors (Lipinski definition) is 2. The lowest BCUT2D eigenvalue weighted by atomic mass is 10.1. The van der Waals surface area contributed by atoms with E-state index in [1.54, 1.807) is 13.2 Å². The lowest BCUT2D eigenvalue weighted by Gasteiger charge is -2.20. The summed E-state index contributed by atoms with van der Waals surface area (Å²) < 4.78 is 15.9. The lowest BCUT2D eigenvalue weighted by molar-refractivity contribution is -0.156. The number of para-hydroxylation sites is 1. The van der Waals surface area contributed by atoms with Crippen molar-refractivity contribution in [3.8, 4) is 5.75 Å². The Bertz CT molecular complexity index is 1140. The second-order valence-corrected chi connectivity index (χ2v) is 8.06. The molecule has 8 nitrogen and oxygen atoms in total. The SMILES string of the molecule is COc1ccccc1CNC(=O)C(C)OC(=O)[C@H](Cc1ccccc1)NC(=O)OCc1ccccc1. The number of nitrogens with one attached hydrogen (secondary N) is 2. The number of ether oxygens (including phenoxy) is 3. The summed E-state index contributed by atoms with van der Waals surface area (Å²) in [5.41, 5.74) is 2.42. The Morgan fingerprint density at radius 2 is 1.44 bits per heavy atom. The Morgan fingerprint density at radius 3 is 2.11 bits per heavy atom. The summed E-state index contributed by atoms with van der Waals surface area (Å²) >= 11 is 0. The van der Waals surface area contributed by atoms with Crippen LogP contribution in [0.3, 0.4) is 0 Å². The van der Waals surface area contributed by atoms with Crippen molar-refractivity contribution in [2.45, 2.75) is 38.6 Å². The van der Waals surface area contributed by atoms with E-state index in [1.165, 1.54) is 6.92 Å². The van der Waals surface area contributed by atoms with E-state index in [0.717, 1.165) is 16.7 Å². The van der Waals surface area contributed by atoms with E-state index >= 15 is 0 Å². The first kappa shape index (κ1) is 26.3. The predicted molar refractivity (Wildman–Crippen MR) is 134 cm³/mol. The molecule has 1 unspecified atom stereocenters. The van der Waals surface area contributed by atoms with Gasteiger partial charge in [-0.05, 0) is 24.1 Å². The highest BCUT2D eigenvalue weighted by molar-refractivity contribution is 5.86. The highest BCUT2D eigenvalue weighted by Crippen LogP contribution is 2.17. The first-order valence-electron chi connectivity index (χ1n) is 11.6.